The van der Waals surface area contributed by atoms with E-state index in [1.807, 2.05) is 12.1 Å². The fourth-order valence-corrected chi connectivity index (χ4v) is 5.97. The Morgan fingerprint density at radius 2 is 1.82 bits per heavy atom. The van der Waals surface area contributed by atoms with E-state index in [1.165, 1.54) is 33.2 Å². The van der Waals surface area contributed by atoms with Crippen LogP contribution in [0.4, 0.5) is 0 Å². The zero-order valence-electron chi connectivity index (χ0n) is 22.1. The molecule has 1 aromatic heterocycles. The molecule has 7 heteroatoms. The number of aromatic nitrogens is 1. The molecule has 7 nitrogen and oxygen atoms in total. The molecule has 0 saturated heterocycles. The molecule has 2 unspecified atom stereocenters. The number of benzene rings is 3. The fraction of sp³-hybridized carbons (Fsp3) is 0.281. The average molecular weight is 522 g/mol. The molecule has 2 atom stereocenters. The minimum absolute atomic E-state index is 0.0438. The number of nitrogens with zero attached hydrogens (tertiary/aromatic N) is 2. The van der Waals surface area contributed by atoms with Crippen LogP contribution in [0.25, 0.3) is 27.6 Å². The molecule has 3 aliphatic rings. The first-order valence-electron chi connectivity index (χ1n) is 13.4. The number of fused-ring (bicyclic) bond motifs is 4. The highest BCUT2D eigenvalue weighted by molar-refractivity contribution is 6.06. The maximum atomic E-state index is 6.12. The Morgan fingerprint density at radius 1 is 0.974 bits per heavy atom. The van der Waals surface area contributed by atoms with Gasteiger partial charge in [0.05, 0.1) is 20.1 Å². The highest BCUT2D eigenvalue weighted by atomic mass is 16.6. The maximum absolute atomic E-state index is 6.12. The molecule has 0 saturated carbocycles. The van der Waals surface area contributed by atoms with Crippen LogP contribution in [-0.4, -0.2) is 62.2 Å². The van der Waals surface area contributed by atoms with Crippen LogP contribution in [0.15, 0.2) is 78.1 Å². The summed E-state index contributed by atoms with van der Waals surface area (Å²) in [5.41, 5.74) is 8.19. The molecule has 3 aliphatic heterocycles. The third-order valence-electron chi connectivity index (χ3n) is 8.13. The molecule has 4 heterocycles. The van der Waals surface area contributed by atoms with Crippen molar-refractivity contribution in [3.63, 3.8) is 0 Å². The zero-order valence-corrected chi connectivity index (χ0v) is 22.1. The van der Waals surface area contributed by atoms with Gasteiger partial charge in [-0.2, -0.15) is 0 Å². The van der Waals surface area contributed by atoms with Crippen LogP contribution in [0, 0.1) is 5.92 Å². The number of H-pyrrole nitrogens is 1. The van der Waals surface area contributed by atoms with Gasteiger partial charge in [0, 0.05) is 53.9 Å². The lowest BCUT2D eigenvalue weighted by molar-refractivity contribution is 0.0236. The normalized spacial score (nSPS) is 20.4. The number of aromatic amines is 1. The lowest BCUT2D eigenvalue weighted by Gasteiger charge is -2.31. The third kappa shape index (κ3) is 4.23. The summed E-state index contributed by atoms with van der Waals surface area (Å²) < 4.78 is 17.0. The van der Waals surface area contributed by atoms with Crippen molar-refractivity contribution in [2.24, 2.45) is 11.1 Å². The molecule has 39 heavy (non-hydrogen) atoms. The van der Waals surface area contributed by atoms with Crippen LogP contribution in [0.1, 0.15) is 17.5 Å². The quantitative estimate of drug-likeness (QED) is 0.350. The summed E-state index contributed by atoms with van der Waals surface area (Å²) in [6.45, 7) is 3.20. The molecule has 4 aromatic rings. The van der Waals surface area contributed by atoms with E-state index in [1.54, 1.807) is 14.2 Å². The van der Waals surface area contributed by atoms with E-state index in [-0.39, 0.29) is 12.0 Å². The molecule has 7 rings (SSSR count). The van der Waals surface area contributed by atoms with E-state index in [0.717, 1.165) is 43.1 Å². The molecule has 0 aliphatic carbocycles. The predicted molar refractivity (Wildman–Crippen MR) is 153 cm³/mol. The summed E-state index contributed by atoms with van der Waals surface area (Å²) >= 11 is 0. The van der Waals surface area contributed by atoms with Gasteiger partial charge in [-0.25, -0.2) is 0 Å². The second kappa shape index (κ2) is 9.82. The molecule has 1 N–H and O–H groups in total. The first-order valence-corrected chi connectivity index (χ1v) is 13.4. The minimum Gasteiger partial charge on any atom is -0.493 e. The first kappa shape index (κ1) is 23.9. The van der Waals surface area contributed by atoms with Crippen LogP contribution >= 0.6 is 0 Å². The van der Waals surface area contributed by atoms with Gasteiger partial charge in [-0.3, -0.25) is 4.90 Å². The van der Waals surface area contributed by atoms with Crippen molar-refractivity contribution in [1.29, 1.82) is 0 Å². The largest absolute Gasteiger partial charge is 0.493 e. The lowest BCUT2D eigenvalue weighted by Crippen LogP contribution is -2.42. The van der Waals surface area contributed by atoms with Gasteiger partial charge < -0.3 is 24.0 Å². The van der Waals surface area contributed by atoms with Crippen LogP contribution in [0.2, 0.25) is 0 Å². The van der Waals surface area contributed by atoms with Gasteiger partial charge in [-0.05, 0) is 41.3 Å². The summed E-state index contributed by atoms with van der Waals surface area (Å²) in [6, 6.07) is 21.0. The molecular weight excluding hydrogens is 490 g/mol. The molecular formula is C32H31N3O4. The Morgan fingerprint density at radius 3 is 2.62 bits per heavy atom. The van der Waals surface area contributed by atoms with E-state index in [0.29, 0.717) is 18.1 Å². The summed E-state index contributed by atoms with van der Waals surface area (Å²) in [5.74, 6) is 2.15. The molecule has 0 fully saturated rings. The molecule has 0 bridgehead atoms. The molecule has 198 valence electrons. The Balaban J connectivity index is 1.06. The molecule has 0 amide bonds. The number of hydrogen-bond donors (Lipinski definition) is 1. The fourth-order valence-electron chi connectivity index (χ4n) is 5.97. The number of nitrogens with one attached hydrogen (secondary N) is 1. The number of hydrogen-bond acceptors (Lipinski definition) is 6. The van der Waals surface area contributed by atoms with Crippen molar-refractivity contribution in [2.75, 3.05) is 40.5 Å². The summed E-state index contributed by atoms with van der Waals surface area (Å²) in [4.78, 5) is 11.9. The third-order valence-corrected chi connectivity index (χ3v) is 8.13. The predicted octanol–water partition coefficient (Wildman–Crippen LogP) is 5.75. The van der Waals surface area contributed by atoms with Crippen LogP contribution in [0.3, 0.4) is 0 Å². The Hall–Kier alpha value is -4.23. The van der Waals surface area contributed by atoms with Crippen LogP contribution in [0.5, 0.6) is 17.2 Å². The van der Waals surface area contributed by atoms with Gasteiger partial charge in [0.2, 0.25) is 0 Å². The minimum atomic E-state index is -0.0438. The highest BCUT2D eigenvalue weighted by Crippen LogP contribution is 2.41. The topological polar surface area (TPSA) is 68.3 Å². The van der Waals surface area contributed by atoms with E-state index in [2.05, 4.69) is 75.8 Å². The number of methoxy groups -OCH3 is 2. The lowest BCUT2D eigenvalue weighted by atomic mass is 9.89. The van der Waals surface area contributed by atoms with Crippen molar-refractivity contribution in [2.45, 2.75) is 12.5 Å². The average Bonchev–Trinajstić information content (AvgIpc) is 3.61. The SMILES string of the molecule is COc1cc2c(cc1OC)C1=NOC(CN3CC=C(c4c[nH]c5ccc(-c6ccccc6)cc45)CC3)C1CO2. The van der Waals surface area contributed by atoms with Crippen molar-refractivity contribution in [3.05, 3.63) is 84.1 Å². The number of oxime groups is 1. The number of rotatable bonds is 6. The van der Waals surface area contributed by atoms with Gasteiger partial charge in [-0.1, -0.05) is 47.6 Å². The Bertz CT molecular complexity index is 1590. The highest BCUT2D eigenvalue weighted by Gasteiger charge is 2.41. The second-order valence-corrected chi connectivity index (χ2v) is 10.3. The monoisotopic (exact) mass is 521 g/mol. The second-order valence-electron chi connectivity index (χ2n) is 10.3. The van der Waals surface area contributed by atoms with Crippen molar-refractivity contribution in [3.8, 4) is 28.4 Å². The van der Waals surface area contributed by atoms with Crippen molar-refractivity contribution in [1.82, 2.24) is 9.88 Å². The standard InChI is InChI=1S/C32H31N3O4/c1-36-29-15-24-28(16-30(29)37-2)38-19-26-31(39-34-32(24)26)18-35-12-10-21(11-13-35)25-17-33-27-9-8-22(14-23(25)27)20-6-4-3-5-7-20/h3-10,14-17,26,31,33H,11-13,18-19H2,1-2H3. The smallest absolute Gasteiger partial charge is 0.164 e. The van der Waals surface area contributed by atoms with Gasteiger partial charge in [0.1, 0.15) is 18.1 Å². The zero-order chi connectivity index (χ0) is 26.3. The summed E-state index contributed by atoms with van der Waals surface area (Å²) in [7, 11) is 3.26. The Kier molecular flexibility index (Phi) is 6.01. The summed E-state index contributed by atoms with van der Waals surface area (Å²) in [6.07, 6.45) is 5.46. The summed E-state index contributed by atoms with van der Waals surface area (Å²) in [5, 5.41) is 5.77. The van der Waals surface area contributed by atoms with E-state index < -0.39 is 0 Å². The Labute approximate surface area is 227 Å². The van der Waals surface area contributed by atoms with Gasteiger partial charge in [0.25, 0.3) is 0 Å². The van der Waals surface area contributed by atoms with Crippen molar-refractivity contribution >= 4 is 22.2 Å². The van der Waals surface area contributed by atoms with Gasteiger partial charge in [-0.15, -0.1) is 0 Å². The van der Waals surface area contributed by atoms with E-state index in [4.69, 9.17) is 19.0 Å². The van der Waals surface area contributed by atoms with Gasteiger partial charge >= 0.3 is 0 Å². The molecule has 0 spiro atoms. The molecule has 3 aromatic carbocycles. The van der Waals surface area contributed by atoms with E-state index in [9.17, 15) is 0 Å². The van der Waals surface area contributed by atoms with E-state index >= 15 is 0 Å². The number of ether oxygens (including phenoxy) is 3. The maximum Gasteiger partial charge on any atom is 0.164 e. The van der Waals surface area contributed by atoms with Crippen LogP contribution in [-0.2, 0) is 4.84 Å². The first-order chi connectivity index (χ1) is 19.2. The van der Waals surface area contributed by atoms with Crippen LogP contribution < -0.4 is 14.2 Å². The van der Waals surface area contributed by atoms with Crippen molar-refractivity contribution < 1.29 is 19.0 Å². The van der Waals surface area contributed by atoms with Gasteiger partial charge in [0.15, 0.2) is 17.6 Å². The molecule has 0 radical (unpaired) electrons.